The quantitative estimate of drug-likeness (QED) is 0.646. The molecule has 2 aromatic rings. The molecule has 6 heteroatoms. The second-order valence-corrected chi connectivity index (χ2v) is 9.72. The van der Waals surface area contributed by atoms with Crippen LogP contribution in [0.5, 0.6) is 0 Å². The number of hydrogen-bond donors (Lipinski definition) is 1. The Morgan fingerprint density at radius 3 is 2.82 bits per heavy atom. The summed E-state index contributed by atoms with van der Waals surface area (Å²) >= 11 is 0. The first kappa shape index (κ1) is 23.5. The van der Waals surface area contributed by atoms with E-state index in [-0.39, 0.29) is 23.1 Å². The number of fused-ring (bicyclic) bond motifs is 5. The van der Waals surface area contributed by atoms with Crippen LogP contribution in [0.15, 0.2) is 36.5 Å². The summed E-state index contributed by atoms with van der Waals surface area (Å²) in [6, 6.07) is 8.68. The average Bonchev–Trinajstić information content (AvgIpc) is 3.09. The van der Waals surface area contributed by atoms with Crippen LogP contribution in [0, 0.1) is 29.0 Å². The number of halogens is 1. The first-order valence-corrected chi connectivity index (χ1v) is 12.3. The minimum Gasteiger partial charge on any atom is -0.309 e. The van der Waals surface area contributed by atoms with E-state index in [0.29, 0.717) is 48.6 Å². The Bertz CT molecular complexity index is 1010. The normalized spacial score (nSPS) is 29.8. The molecule has 1 N–H and O–H groups in total. The topological polar surface area (TPSA) is 72.0 Å². The molecule has 1 heterocycles. The summed E-state index contributed by atoms with van der Waals surface area (Å²) < 4.78 is 13.7. The molecule has 3 unspecified atom stereocenters. The molecule has 3 aliphatic carbocycles. The number of amides is 1. The van der Waals surface area contributed by atoms with E-state index in [0.717, 1.165) is 31.2 Å². The Kier molecular flexibility index (Phi) is 6.91. The molecule has 2 fully saturated rings. The Hall–Kier alpha value is -2.63. The maximum Gasteiger partial charge on any atom is 0.225 e. The highest BCUT2D eigenvalue weighted by molar-refractivity contribution is 5.90. The molecule has 1 aromatic heterocycles. The van der Waals surface area contributed by atoms with Gasteiger partial charge in [0, 0.05) is 24.5 Å². The fraction of sp³-hybridized carbons (Fsp3) is 0.556. The number of carbonyl (C=O) groups excluding carboxylic acids is 2. The smallest absolute Gasteiger partial charge is 0.225 e. The molecule has 5 rings (SSSR count). The van der Waals surface area contributed by atoms with Crippen LogP contribution in [0.2, 0.25) is 0 Å². The van der Waals surface area contributed by atoms with E-state index in [1.54, 1.807) is 30.5 Å². The SMILES string of the molecule is CC.C[C@]12CCC3c4ccc(F)cc4CCC3C1[C@H](CCC(=O)Nc1cccnn1)CC2=O. The largest absolute Gasteiger partial charge is 0.309 e. The molecule has 2 saturated carbocycles. The fourth-order valence-electron chi connectivity index (χ4n) is 6.77. The van der Waals surface area contributed by atoms with Gasteiger partial charge in [0.15, 0.2) is 5.82 Å². The first-order valence-electron chi connectivity index (χ1n) is 12.3. The van der Waals surface area contributed by atoms with Crippen molar-refractivity contribution in [3.05, 3.63) is 53.5 Å². The number of carbonyl (C=O) groups is 2. The van der Waals surface area contributed by atoms with Crippen LogP contribution in [0.1, 0.15) is 76.3 Å². The number of hydrogen-bond acceptors (Lipinski definition) is 4. The van der Waals surface area contributed by atoms with Gasteiger partial charge < -0.3 is 5.32 Å². The van der Waals surface area contributed by atoms with Gasteiger partial charge in [-0.3, -0.25) is 9.59 Å². The molecule has 5 atom stereocenters. The zero-order chi connectivity index (χ0) is 23.6. The van der Waals surface area contributed by atoms with Crippen molar-refractivity contribution >= 4 is 17.5 Å². The van der Waals surface area contributed by atoms with Crippen molar-refractivity contribution in [1.29, 1.82) is 0 Å². The molecule has 5 nitrogen and oxygen atoms in total. The third-order valence-corrected chi connectivity index (χ3v) is 8.11. The summed E-state index contributed by atoms with van der Waals surface area (Å²) in [6.45, 7) is 6.15. The molecule has 0 radical (unpaired) electrons. The van der Waals surface area contributed by atoms with E-state index in [2.05, 4.69) is 22.4 Å². The van der Waals surface area contributed by atoms with Crippen molar-refractivity contribution in [3.8, 4) is 0 Å². The second kappa shape index (κ2) is 9.70. The first-order chi connectivity index (χ1) is 16.0. The van der Waals surface area contributed by atoms with Gasteiger partial charge in [-0.2, -0.15) is 5.10 Å². The van der Waals surface area contributed by atoms with Gasteiger partial charge in [0.2, 0.25) is 5.91 Å². The second-order valence-electron chi connectivity index (χ2n) is 9.72. The molecule has 0 spiro atoms. The van der Waals surface area contributed by atoms with E-state index >= 15 is 0 Å². The highest BCUT2D eigenvalue weighted by Crippen LogP contribution is 2.62. The monoisotopic (exact) mass is 451 g/mol. The molecule has 3 aliphatic rings. The summed E-state index contributed by atoms with van der Waals surface area (Å²) in [5.41, 5.74) is 2.12. The van der Waals surface area contributed by atoms with Crippen LogP contribution < -0.4 is 5.32 Å². The predicted octanol–water partition coefficient (Wildman–Crippen LogP) is 5.71. The molecule has 0 bridgehead atoms. The van der Waals surface area contributed by atoms with Crippen LogP contribution in [-0.2, 0) is 16.0 Å². The summed E-state index contributed by atoms with van der Waals surface area (Å²) in [4.78, 5) is 25.5. The van der Waals surface area contributed by atoms with Crippen LogP contribution in [0.3, 0.4) is 0 Å². The minimum atomic E-state index is -0.287. The van der Waals surface area contributed by atoms with Crippen LogP contribution in [0.25, 0.3) is 0 Å². The van der Waals surface area contributed by atoms with Crippen molar-refractivity contribution < 1.29 is 14.0 Å². The molecular weight excluding hydrogens is 417 g/mol. The van der Waals surface area contributed by atoms with Gasteiger partial charge in [0.05, 0.1) is 0 Å². The number of anilines is 1. The number of nitrogens with zero attached hydrogens (tertiary/aromatic N) is 2. The third kappa shape index (κ3) is 4.44. The Morgan fingerprint density at radius 2 is 2.06 bits per heavy atom. The van der Waals surface area contributed by atoms with Crippen LogP contribution in [-0.4, -0.2) is 21.9 Å². The van der Waals surface area contributed by atoms with Crippen molar-refractivity contribution in [2.45, 2.75) is 71.6 Å². The van der Waals surface area contributed by atoms with Gasteiger partial charge in [0.25, 0.3) is 0 Å². The lowest BCUT2D eigenvalue weighted by atomic mass is 9.54. The number of aromatic nitrogens is 2. The van der Waals surface area contributed by atoms with Crippen molar-refractivity contribution in [2.75, 3.05) is 5.32 Å². The van der Waals surface area contributed by atoms with Crippen molar-refractivity contribution in [3.63, 3.8) is 0 Å². The van der Waals surface area contributed by atoms with Crippen LogP contribution in [0.4, 0.5) is 10.2 Å². The van der Waals surface area contributed by atoms with E-state index in [1.807, 2.05) is 19.9 Å². The highest BCUT2D eigenvalue weighted by Gasteiger charge is 2.58. The summed E-state index contributed by atoms with van der Waals surface area (Å²) in [5.74, 6) is 1.90. The van der Waals surface area contributed by atoms with E-state index in [9.17, 15) is 14.0 Å². The zero-order valence-electron chi connectivity index (χ0n) is 19.8. The minimum absolute atomic E-state index is 0.0848. The molecule has 33 heavy (non-hydrogen) atoms. The van der Waals surface area contributed by atoms with Crippen molar-refractivity contribution in [2.24, 2.45) is 23.2 Å². The number of nitrogens with one attached hydrogen (secondary N) is 1. The highest BCUT2D eigenvalue weighted by atomic mass is 19.1. The summed E-state index contributed by atoms with van der Waals surface area (Å²) in [6.07, 6.45) is 6.96. The van der Waals surface area contributed by atoms with Crippen molar-refractivity contribution in [1.82, 2.24) is 10.2 Å². The van der Waals surface area contributed by atoms with E-state index in [4.69, 9.17) is 0 Å². The third-order valence-electron chi connectivity index (χ3n) is 8.11. The molecular formula is C27H34FN3O2. The van der Waals surface area contributed by atoms with Gasteiger partial charge in [0.1, 0.15) is 11.6 Å². The maximum atomic E-state index is 13.7. The fourth-order valence-corrected chi connectivity index (χ4v) is 6.77. The van der Waals surface area contributed by atoms with Gasteiger partial charge in [-0.25, -0.2) is 4.39 Å². The molecule has 1 aromatic carbocycles. The molecule has 0 aliphatic heterocycles. The number of aryl methyl sites for hydroxylation is 1. The van der Waals surface area contributed by atoms with Gasteiger partial charge in [-0.1, -0.05) is 26.8 Å². The number of ketones is 1. The maximum absolute atomic E-state index is 13.7. The number of benzene rings is 1. The lowest BCUT2D eigenvalue weighted by Gasteiger charge is -2.50. The standard InChI is InChI=1S/C25H28FN3O2.C2H6/c1-25-11-10-19-18-8-6-17(26)13-15(18)4-7-20(19)24(25)16(14-21(25)30)5-9-23(31)28-22-3-2-12-27-29-22;1-2/h2-3,6,8,12-13,16,19-20,24H,4-5,7,9-11,14H2,1H3,(H,28,29,31);1-2H3/t16-,19?,20?,24?,25-;/m1./s1. The lowest BCUT2D eigenvalue weighted by Crippen LogP contribution is -2.44. The summed E-state index contributed by atoms with van der Waals surface area (Å²) in [5, 5.41) is 10.5. The van der Waals surface area contributed by atoms with Gasteiger partial charge >= 0.3 is 0 Å². The van der Waals surface area contributed by atoms with Gasteiger partial charge in [-0.05, 0) is 91.2 Å². The zero-order valence-corrected chi connectivity index (χ0v) is 19.8. The Balaban J connectivity index is 0.00000126. The number of rotatable bonds is 4. The predicted molar refractivity (Wildman–Crippen MR) is 126 cm³/mol. The van der Waals surface area contributed by atoms with E-state index < -0.39 is 0 Å². The molecule has 1 amide bonds. The molecule has 0 saturated heterocycles. The molecule has 176 valence electrons. The average molecular weight is 452 g/mol. The Morgan fingerprint density at radius 1 is 1.24 bits per heavy atom. The van der Waals surface area contributed by atoms with E-state index in [1.165, 1.54) is 5.56 Å². The summed E-state index contributed by atoms with van der Waals surface area (Å²) in [7, 11) is 0. The number of Topliss-reactive ketones (excluding diaryl/α,β-unsaturated/α-hetero) is 1. The Labute approximate surface area is 195 Å². The lowest BCUT2D eigenvalue weighted by molar-refractivity contribution is -0.129. The van der Waals surface area contributed by atoms with Crippen LogP contribution >= 0.6 is 0 Å². The van der Waals surface area contributed by atoms with Gasteiger partial charge in [-0.15, -0.1) is 5.10 Å².